The number of hydrogen-bond acceptors (Lipinski definition) is 4. The van der Waals surface area contributed by atoms with Gasteiger partial charge in [0.2, 0.25) is 5.95 Å². The highest BCUT2D eigenvalue weighted by molar-refractivity contribution is 5.30. The first-order valence-electron chi connectivity index (χ1n) is 7.62. The Bertz CT molecular complexity index is 562. The molecule has 3 rings (SSSR count). The maximum atomic E-state index is 4.51. The number of piperazine rings is 1. The number of benzene rings is 1. The normalized spacial score (nSPS) is 16.1. The molecule has 2 heterocycles. The second kappa shape index (κ2) is 6.68. The van der Waals surface area contributed by atoms with Crippen molar-refractivity contribution in [3.63, 3.8) is 0 Å². The van der Waals surface area contributed by atoms with Crippen molar-refractivity contribution in [1.82, 2.24) is 14.9 Å². The van der Waals surface area contributed by atoms with Crippen molar-refractivity contribution in [3.8, 4) is 0 Å². The molecule has 2 aromatic rings. The van der Waals surface area contributed by atoms with Crippen molar-refractivity contribution >= 4 is 5.95 Å². The molecule has 0 N–H and O–H groups in total. The predicted molar refractivity (Wildman–Crippen MR) is 85.6 cm³/mol. The first-order valence-corrected chi connectivity index (χ1v) is 7.62. The van der Waals surface area contributed by atoms with Crippen LogP contribution in [0.25, 0.3) is 0 Å². The van der Waals surface area contributed by atoms with Crippen LogP contribution in [0.1, 0.15) is 11.3 Å². The van der Waals surface area contributed by atoms with Crippen LogP contribution in [-0.4, -0.2) is 47.6 Å². The third kappa shape index (κ3) is 3.79. The predicted octanol–water partition coefficient (Wildman–Crippen LogP) is 2.15. The standard InChI is InChI=1S/C17H22N4/c1-15-7-9-18-17(19-15)21-13-11-20(12-14-21)10-8-16-5-3-2-4-6-16/h2-7,9H,8,10-14H2,1H3. The molecule has 1 saturated heterocycles. The van der Waals surface area contributed by atoms with Gasteiger partial charge in [0.1, 0.15) is 0 Å². The Hall–Kier alpha value is -1.94. The number of aryl methyl sites for hydroxylation is 1. The van der Waals surface area contributed by atoms with Crippen LogP contribution in [0.4, 0.5) is 5.95 Å². The molecule has 21 heavy (non-hydrogen) atoms. The number of aromatic nitrogens is 2. The lowest BCUT2D eigenvalue weighted by Gasteiger charge is -2.34. The topological polar surface area (TPSA) is 32.3 Å². The van der Waals surface area contributed by atoms with Crippen LogP contribution < -0.4 is 4.90 Å². The molecule has 110 valence electrons. The molecule has 0 radical (unpaired) electrons. The third-order valence-electron chi connectivity index (χ3n) is 4.00. The molecule has 4 nitrogen and oxygen atoms in total. The number of hydrogen-bond donors (Lipinski definition) is 0. The van der Waals surface area contributed by atoms with Gasteiger partial charge in [0, 0.05) is 44.6 Å². The molecule has 0 spiro atoms. The first kappa shape index (κ1) is 14.0. The second-order valence-electron chi connectivity index (χ2n) is 5.56. The average Bonchev–Trinajstić information content (AvgIpc) is 2.54. The number of rotatable bonds is 4. The zero-order valence-electron chi connectivity index (χ0n) is 12.6. The summed E-state index contributed by atoms with van der Waals surface area (Å²) in [6.07, 6.45) is 2.97. The van der Waals surface area contributed by atoms with Gasteiger partial charge < -0.3 is 4.90 Å². The molecule has 0 atom stereocenters. The molecule has 1 aromatic carbocycles. The molecule has 1 aliphatic rings. The average molecular weight is 282 g/mol. The van der Waals surface area contributed by atoms with Crippen LogP contribution in [0.2, 0.25) is 0 Å². The van der Waals surface area contributed by atoms with Crippen LogP contribution in [-0.2, 0) is 6.42 Å². The summed E-state index contributed by atoms with van der Waals surface area (Å²) in [4.78, 5) is 13.7. The van der Waals surface area contributed by atoms with E-state index in [-0.39, 0.29) is 0 Å². The molecular weight excluding hydrogens is 260 g/mol. The fraction of sp³-hybridized carbons (Fsp3) is 0.412. The lowest BCUT2D eigenvalue weighted by atomic mass is 10.1. The third-order valence-corrected chi connectivity index (χ3v) is 4.00. The lowest BCUT2D eigenvalue weighted by molar-refractivity contribution is 0.259. The van der Waals surface area contributed by atoms with E-state index in [0.717, 1.165) is 50.8 Å². The maximum Gasteiger partial charge on any atom is 0.225 e. The molecule has 1 fully saturated rings. The van der Waals surface area contributed by atoms with Crippen LogP contribution in [0.3, 0.4) is 0 Å². The summed E-state index contributed by atoms with van der Waals surface area (Å²) < 4.78 is 0. The first-order chi connectivity index (χ1) is 10.3. The molecule has 1 aromatic heterocycles. The van der Waals surface area contributed by atoms with E-state index in [0.29, 0.717) is 0 Å². The van der Waals surface area contributed by atoms with Gasteiger partial charge in [-0.2, -0.15) is 0 Å². The number of nitrogens with zero attached hydrogens (tertiary/aromatic N) is 4. The van der Waals surface area contributed by atoms with Crippen molar-refractivity contribution in [2.45, 2.75) is 13.3 Å². The highest BCUT2D eigenvalue weighted by Crippen LogP contribution is 2.11. The van der Waals surface area contributed by atoms with E-state index >= 15 is 0 Å². The van der Waals surface area contributed by atoms with Crippen LogP contribution in [0, 0.1) is 6.92 Å². The monoisotopic (exact) mass is 282 g/mol. The Morgan fingerprint density at radius 2 is 1.76 bits per heavy atom. The van der Waals surface area contributed by atoms with E-state index in [9.17, 15) is 0 Å². The molecule has 4 heteroatoms. The van der Waals surface area contributed by atoms with Gasteiger partial charge in [0.05, 0.1) is 0 Å². The van der Waals surface area contributed by atoms with Gasteiger partial charge >= 0.3 is 0 Å². The zero-order chi connectivity index (χ0) is 14.5. The molecule has 0 bridgehead atoms. The molecule has 0 saturated carbocycles. The Balaban J connectivity index is 1.49. The van der Waals surface area contributed by atoms with E-state index in [2.05, 4.69) is 50.1 Å². The summed E-state index contributed by atoms with van der Waals surface area (Å²) in [6, 6.07) is 12.7. The van der Waals surface area contributed by atoms with Crippen molar-refractivity contribution in [3.05, 3.63) is 53.9 Å². The largest absolute Gasteiger partial charge is 0.338 e. The highest BCUT2D eigenvalue weighted by Gasteiger charge is 2.18. The smallest absolute Gasteiger partial charge is 0.225 e. The van der Waals surface area contributed by atoms with Gasteiger partial charge in [-0.3, -0.25) is 4.90 Å². The molecule has 0 aliphatic carbocycles. The summed E-state index contributed by atoms with van der Waals surface area (Å²) in [5.41, 5.74) is 2.45. The molecular formula is C17H22N4. The summed E-state index contributed by atoms with van der Waals surface area (Å²) in [5.74, 6) is 0.873. The Morgan fingerprint density at radius 1 is 1.00 bits per heavy atom. The quantitative estimate of drug-likeness (QED) is 0.860. The van der Waals surface area contributed by atoms with Gasteiger partial charge in [0.15, 0.2) is 0 Å². The van der Waals surface area contributed by atoms with Crippen molar-refractivity contribution in [1.29, 1.82) is 0 Å². The van der Waals surface area contributed by atoms with E-state index < -0.39 is 0 Å². The van der Waals surface area contributed by atoms with E-state index in [4.69, 9.17) is 0 Å². The van der Waals surface area contributed by atoms with E-state index in [1.807, 2.05) is 19.2 Å². The van der Waals surface area contributed by atoms with Crippen molar-refractivity contribution in [2.75, 3.05) is 37.6 Å². The summed E-state index contributed by atoms with van der Waals surface area (Å²) in [6.45, 7) is 7.35. The molecule has 0 unspecified atom stereocenters. The Kier molecular flexibility index (Phi) is 4.46. The summed E-state index contributed by atoms with van der Waals surface area (Å²) >= 11 is 0. The highest BCUT2D eigenvalue weighted by atomic mass is 15.3. The molecule has 1 aliphatic heterocycles. The minimum absolute atomic E-state index is 0.873. The van der Waals surface area contributed by atoms with Gasteiger partial charge in [-0.1, -0.05) is 30.3 Å². The Labute approximate surface area is 126 Å². The van der Waals surface area contributed by atoms with Gasteiger partial charge in [-0.25, -0.2) is 9.97 Å². The SMILES string of the molecule is Cc1ccnc(N2CCN(CCc3ccccc3)CC2)n1. The van der Waals surface area contributed by atoms with Crippen LogP contribution in [0.5, 0.6) is 0 Å². The van der Waals surface area contributed by atoms with Crippen molar-refractivity contribution < 1.29 is 0 Å². The fourth-order valence-corrected chi connectivity index (χ4v) is 2.69. The minimum Gasteiger partial charge on any atom is -0.338 e. The summed E-state index contributed by atoms with van der Waals surface area (Å²) in [5, 5.41) is 0. The second-order valence-corrected chi connectivity index (χ2v) is 5.56. The van der Waals surface area contributed by atoms with Gasteiger partial charge in [-0.15, -0.1) is 0 Å². The van der Waals surface area contributed by atoms with E-state index in [1.54, 1.807) is 0 Å². The number of anilines is 1. The summed E-state index contributed by atoms with van der Waals surface area (Å²) in [7, 11) is 0. The van der Waals surface area contributed by atoms with E-state index in [1.165, 1.54) is 5.56 Å². The zero-order valence-corrected chi connectivity index (χ0v) is 12.6. The van der Waals surface area contributed by atoms with Gasteiger partial charge in [-0.05, 0) is 25.0 Å². The van der Waals surface area contributed by atoms with Crippen LogP contribution in [0.15, 0.2) is 42.6 Å². The maximum absolute atomic E-state index is 4.51. The molecule has 0 amide bonds. The van der Waals surface area contributed by atoms with Crippen molar-refractivity contribution in [2.24, 2.45) is 0 Å². The fourth-order valence-electron chi connectivity index (χ4n) is 2.69. The van der Waals surface area contributed by atoms with Gasteiger partial charge in [0.25, 0.3) is 0 Å². The van der Waals surface area contributed by atoms with Crippen LogP contribution >= 0.6 is 0 Å². The minimum atomic E-state index is 0.873. The Morgan fingerprint density at radius 3 is 2.48 bits per heavy atom. The lowest BCUT2D eigenvalue weighted by Crippen LogP contribution is -2.47.